The molecule has 1 fully saturated rings. The second-order valence-electron chi connectivity index (χ2n) is 7.65. The lowest BCUT2D eigenvalue weighted by Gasteiger charge is -2.38. The highest BCUT2D eigenvalue weighted by Gasteiger charge is 2.36. The van der Waals surface area contributed by atoms with Crippen molar-refractivity contribution in [3.8, 4) is 17.2 Å². The molecule has 2 aliphatic rings. The molecule has 7 nitrogen and oxygen atoms in total. The molecule has 2 aliphatic heterocycles. The van der Waals surface area contributed by atoms with Crippen LogP contribution in [0.2, 0.25) is 0 Å². The van der Waals surface area contributed by atoms with Gasteiger partial charge >= 0.3 is 5.97 Å². The minimum absolute atomic E-state index is 0.0538. The van der Waals surface area contributed by atoms with E-state index in [9.17, 15) is 9.59 Å². The summed E-state index contributed by atoms with van der Waals surface area (Å²) in [6.07, 6.45) is 1.90. The molecule has 2 aromatic carbocycles. The summed E-state index contributed by atoms with van der Waals surface area (Å²) < 4.78 is 21.6. The van der Waals surface area contributed by atoms with Gasteiger partial charge in [0.15, 0.2) is 11.5 Å². The Morgan fingerprint density at radius 1 is 1.03 bits per heavy atom. The predicted octanol–water partition coefficient (Wildman–Crippen LogP) is 2.75. The lowest BCUT2D eigenvalue weighted by molar-refractivity contribution is -0.131. The second kappa shape index (κ2) is 8.75. The SMILES string of the molecule is CC(=O)Oc1ccc(CC(=O)NCC2(c3ccc4c(c3)OCO4)CCOCC2)cc1. The molecule has 7 heteroatoms. The van der Waals surface area contributed by atoms with Crippen LogP contribution in [0.4, 0.5) is 0 Å². The first-order chi connectivity index (χ1) is 14.5. The fourth-order valence-electron chi connectivity index (χ4n) is 3.91. The third-order valence-electron chi connectivity index (χ3n) is 5.61. The lowest BCUT2D eigenvalue weighted by Crippen LogP contribution is -2.45. The minimum atomic E-state index is -0.370. The Hall–Kier alpha value is -3.06. The summed E-state index contributed by atoms with van der Waals surface area (Å²) in [6, 6.07) is 13.0. The maximum Gasteiger partial charge on any atom is 0.308 e. The Kier molecular flexibility index (Phi) is 5.90. The molecule has 2 aromatic rings. The van der Waals surface area contributed by atoms with Crippen LogP contribution in [-0.2, 0) is 26.2 Å². The minimum Gasteiger partial charge on any atom is -0.454 e. The molecule has 0 atom stereocenters. The van der Waals surface area contributed by atoms with E-state index in [1.165, 1.54) is 6.92 Å². The molecule has 4 rings (SSSR count). The summed E-state index contributed by atoms with van der Waals surface area (Å²) in [4.78, 5) is 23.6. The van der Waals surface area contributed by atoms with Crippen molar-refractivity contribution in [2.24, 2.45) is 0 Å². The Balaban J connectivity index is 1.41. The van der Waals surface area contributed by atoms with E-state index in [2.05, 4.69) is 11.4 Å². The van der Waals surface area contributed by atoms with Gasteiger partial charge in [0.2, 0.25) is 12.7 Å². The molecule has 30 heavy (non-hydrogen) atoms. The maximum atomic E-state index is 12.6. The Morgan fingerprint density at radius 3 is 2.50 bits per heavy atom. The topological polar surface area (TPSA) is 83.1 Å². The third-order valence-corrected chi connectivity index (χ3v) is 5.61. The largest absolute Gasteiger partial charge is 0.454 e. The summed E-state index contributed by atoms with van der Waals surface area (Å²) >= 11 is 0. The average Bonchev–Trinajstić information content (AvgIpc) is 3.22. The highest BCUT2D eigenvalue weighted by atomic mass is 16.7. The van der Waals surface area contributed by atoms with Crippen LogP contribution in [0.3, 0.4) is 0 Å². The fourth-order valence-corrected chi connectivity index (χ4v) is 3.91. The fraction of sp³-hybridized carbons (Fsp3) is 0.391. The Morgan fingerprint density at radius 2 is 1.77 bits per heavy atom. The van der Waals surface area contributed by atoms with E-state index in [-0.39, 0.29) is 30.5 Å². The smallest absolute Gasteiger partial charge is 0.308 e. The van der Waals surface area contributed by atoms with E-state index < -0.39 is 0 Å². The Labute approximate surface area is 175 Å². The third kappa shape index (κ3) is 4.57. The molecule has 0 aliphatic carbocycles. The van der Waals surface area contributed by atoms with E-state index in [1.54, 1.807) is 24.3 Å². The number of hydrogen-bond acceptors (Lipinski definition) is 6. The number of rotatable bonds is 6. The molecule has 2 heterocycles. The van der Waals surface area contributed by atoms with Gasteiger partial charge in [-0.25, -0.2) is 0 Å². The number of esters is 1. The molecule has 1 N–H and O–H groups in total. The van der Waals surface area contributed by atoms with Crippen LogP contribution in [0.5, 0.6) is 17.2 Å². The summed E-state index contributed by atoms with van der Waals surface area (Å²) in [6.45, 7) is 3.43. The number of carbonyl (C=O) groups is 2. The highest BCUT2D eigenvalue weighted by Crippen LogP contribution is 2.40. The van der Waals surface area contributed by atoms with Crippen LogP contribution in [0.15, 0.2) is 42.5 Å². The number of ether oxygens (including phenoxy) is 4. The van der Waals surface area contributed by atoms with Gasteiger partial charge in [-0.05, 0) is 48.2 Å². The van der Waals surface area contributed by atoms with Gasteiger partial charge in [0, 0.05) is 32.1 Å². The van der Waals surface area contributed by atoms with Crippen molar-refractivity contribution in [3.63, 3.8) is 0 Å². The van der Waals surface area contributed by atoms with E-state index in [0.717, 1.165) is 35.5 Å². The number of nitrogens with one attached hydrogen (secondary N) is 1. The van der Waals surface area contributed by atoms with Crippen LogP contribution in [0.25, 0.3) is 0 Å². The molecule has 158 valence electrons. The first-order valence-corrected chi connectivity index (χ1v) is 10.1. The van der Waals surface area contributed by atoms with Crippen LogP contribution >= 0.6 is 0 Å². The molecular weight excluding hydrogens is 386 g/mol. The van der Waals surface area contributed by atoms with Crippen molar-refractivity contribution in [1.82, 2.24) is 5.32 Å². The van der Waals surface area contributed by atoms with E-state index in [4.69, 9.17) is 18.9 Å². The maximum absolute atomic E-state index is 12.6. The number of fused-ring (bicyclic) bond motifs is 1. The average molecular weight is 411 g/mol. The molecular formula is C23H25NO6. The summed E-state index contributed by atoms with van der Waals surface area (Å²) in [5, 5.41) is 3.10. The van der Waals surface area contributed by atoms with Gasteiger partial charge in [0.25, 0.3) is 0 Å². The first kappa shape index (κ1) is 20.2. The number of benzene rings is 2. The van der Waals surface area contributed by atoms with Crippen molar-refractivity contribution in [3.05, 3.63) is 53.6 Å². The van der Waals surface area contributed by atoms with Crippen LogP contribution in [0, 0.1) is 0 Å². The van der Waals surface area contributed by atoms with Gasteiger partial charge < -0.3 is 24.3 Å². The zero-order valence-electron chi connectivity index (χ0n) is 16.9. The van der Waals surface area contributed by atoms with Crippen molar-refractivity contribution in [1.29, 1.82) is 0 Å². The quantitative estimate of drug-likeness (QED) is 0.581. The zero-order valence-corrected chi connectivity index (χ0v) is 16.9. The number of hydrogen-bond donors (Lipinski definition) is 1. The van der Waals surface area contributed by atoms with Gasteiger partial charge in [0.1, 0.15) is 5.75 Å². The molecule has 0 radical (unpaired) electrons. The molecule has 1 saturated heterocycles. The molecule has 1 amide bonds. The van der Waals surface area contributed by atoms with Crippen molar-refractivity contribution >= 4 is 11.9 Å². The van der Waals surface area contributed by atoms with Gasteiger partial charge in [-0.2, -0.15) is 0 Å². The molecule has 0 spiro atoms. The number of carbonyl (C=O) groups excluding carboxylic acids is 2. The van der Waals surface area contributed by atoms with E-state index >= 15 is 0 Å². The van der Waals surface area contributed by atoms with Crippen LogP contribution in [0.1, 0.15) is 30.9 Å². The molecule has 0 aromatic heterocycles. The lowest BCUT2D eigenvalue weighted by atomic mass is 9.74. The van der Waals surface area contributed by atoms with Crippen molar-refractivity contribution in [2.75, 3.05) is 26.6 Å². The summed E-state index contributed by atoms with van der Waals surface area (Å²) in [7, 11) is 0. The Bertz CT molecular complexity index is 918. The van der Waals surface area contributed by atoms with Crippen LogP contribution in [-0.4, -0.2) is 38.4 Å². The van der Waals surface area contributed by atoms with E-state index in [0.29, 0.717) is 25.5 Å². The molecule has 0 saturated carbocycles. The van der Waals surface area contributed by atoms with Gasteiger partial charge in [-0.1, -0.05) is 18.2 Å². The van der Waals surface area contributed by atoms with Gasteiger partial charge in [-0.15, -0.1) is 0 Å². The van der Waals surface area contributed by atoms with Gasteiger partial charge in [0.05, 0.1) is 6.42 Å². The monoisotopic (exact) mass is 411 g/mol. The standard InChI is InChI=1S/C23H25NO6/c1-16(25)30-19-5-2-17(3-6-19)12-22(26)24-14-23(8-10-27-11-9-23)18-4-7-20-21(13-18)29-15-28-20/h2-7,13H,8-12,14-15H2,1H3,(H,24,26). The summed E-state index contributed by atoms with van der Waals surface area (Å²) in [5.74, 6) is 1.54. The first-order valence-electron chi connectivity index (χ1n) is 10.1. The van der Waals surface area contributed by atoms with E-state index in [1.807, 2.05) is 12.1 Å². The van der Waals surface area contributed by atoms with Crippen molar-refractivity contribution < 1.29 is 28.5 Å². The zero-order chi connectivity index (χ0) is 21.0. The second-order valence-corrected chi connectivity index (χ2v) is 7.65. The number of amides is 1. The predicted molar refractivity (Wildman–Crippen MR) is 109 cm³/mol. The molecule has 0 bridgehead atoms. The van der Waals surface area contributed by atoms with Crippen molar-refractivity contribution in [2.45, 2.75) is 31.6 Å². The highest BCUT2D eigenvalue weighted by molar-refractivity contribution is 5.78. The normalized spacial score (nSPS) is 16.7. The van der Waals surface area contributed by atoms with Gasteiger partial charge in [-0.3, -0.25) is 9.59 Å². The van der Waals surface area contributed by atoms with Crippen LogP contribution < -0.4 is 19.5 Å². The summed E-state index contributed by atoms with van der Waals surface area (Å²) in [5.41, 5.74) is 1.78. The molecule has 0 unspecified atom stereocenters.